The van der Waals surface area contributed by atoms with Crippen LogP contribution in [0.3, 0.4) is 0 Å². The first-order valence-corrected chi connectivity index (χ1v) is 7.69. The first-order valence-electron chi connectivity index (χ1n) is 7.69. The molecule has 0 saturated heterocycles. The number of hydrogen-bond donors (Lipinski definition) is 1. The molecular weight excluding hydrogens is 247 g/mol. The monoisotopic (exact) mass is 269 g/mol. The molecule has 106 valence electrons. The van der Waals surface area contributed by atoms with Crippen LogP contribution in [0.5, 0.6) is 0 Å². The van der Waals surface area contributed by atoms with E-state index in [-0.39, 0.29) is 0 Å². The number of para-hydroxylation sites is 2. The maximum absolute atomic E-state index is 5.05. The van der Waals surface area contributed by atoms with E-state index < -0.39 is 6.42 Å². The van der Waals surface area contributed by atoms with E-state index in [0.29, 0.717) is 0 Å². The minimum absolute atomic E-state index is 0.952. The summed E-state index contributed by atoms with van der Waals surface area (Å²) >= 11 is 0. The van der Waals surface area contributed by atoms with Crippen molar-refractivity contribution in [2.75, 3.05) is 5.32 Å². The molecule has 20 heavy (non-hydrogen) atoms. The lowest BCUT2D eigenvalue weighted by atomic mass is 9.40. The standard InChI is InChI=1S/C15H22BN4/c1-4-10-16(11-5-2)19-12(3)17-15-18-13-8-6-7-9-14(13)20(15)16/h6-9H,4-5,10-11H2,1-3H3,(H,17,18,19)/q-1. The molecule has 4 nitrogen and oxygen atoms in total. The molecule has 1 aliphatic heterocycles. The molecule has 0 atom stereocenters. The number of imidazole rings is 1. The third-order valence-corrected chi connectivity index (χ3v) is 4.31. The third-order valence-electron chi connectivity index (χ3n) is 4.31. The van der Waals surface area contributed by atoms with Crippen molar-refractivity contribution in [1.82, 2.24) is 9.46 Å². The first-order chi connectivity index (χ1) is 9.70. The predicted molar refractivity (Wildman–Crippen MR) is 87.8 cm³/mol. The summed E-state index contributed by atoms with van der Waals surface area (Å²) in [6.45, 7) is 6.53. The smallest absolute Gasteiger partial charge is 0.206 e. The van der Waals surface area contributed by atoms with Gasteiger partial charge in [0.2, 0.25) is 6.42 Å². The molecule has 0 aliphatic carbocycles. The van der Waals surface area contributed by atoms with E-state index in [0.717, 1.165) is 42.8 Å². The molecule has 1 aliphatic rings. The number of rotatable bonds is 4. The van der Waals surface area contributed by atoms with Gasteiger partial charge >= 0.3 is 0 Å². The third kappa shape index (κ3) is 1.92. The Morgan fingerprint density at radius 2 is 1.85 bits per heavy atom. The first kappa shape index (κ1) is 13.2. The molecule has 1 N–H and O–H groups in total. The molecule has 1 aromatic heterocycles. The molecule has 5 heteroatoms. The molecule has 0 amide bonds. The Balaban J connectivity index is 2.26. The van der Waals surface area contributed by atoms with Crippen LogP contribution in [-0.2, 0) is 0 Å². The van der Waals surface area contributed by atoms with Crippen molar-refractivity contribution in [3.05, 3.63) is 24.3 Å². The second-order valence-corrected chi connectivity index (χ2v) is 5.85. The van der Waals surface area contributed by atoms with Gasteiger partial charge in [-0.15, -0.1) is 12.6 Å². The maximum atomic E-state index is 5.05. The van der Waals surface area contributed by atoms with E-state index >= 15 is 0 Å². The molecule has 2 heterocycles. The Morgan fingerprint density at radius 1 is 1.15 bits per heavy atom. The van der Waals surface area contributed by atoms with E-state index in [1.807, 2.05) is 13.0 Å². The van der Waals surface area contributed by atoms with Crippen molar-refractivity contribution in [1.29, 1.82) is 0 Å². The normalized spacial score (nSPS) is 16.6. The number of aromatic nitrogens is 2. The van der Waals surface area contributed by atoms with Gasteiger partial charge in [0.25, 0.3) is 0 Å². The van der Waals surface area contributed by atoms with Gasteiger partial charge in [0.15, 0.2) is 5.95 Å². The lowest BCUT2D eigenvalue weighted by Crippen LogP contribution is -2.46. The van der Waals surface area contributed by atoms with Crippen molar-refractivity contribution < 1.29 is 0 Å². The van der Waals surface area contributed by atoms with Crippen molar-refractivity contribution in [2.45, 2.75) is 46.3 Å². The fraction of sp³-hybridized carbons (Fsp3) is 0.467. The molecule has 0 spiro atoms. The van der Waals surface area contributed by atoms with Crippen molar-refractivity contribution >= 4 is 29.2 Å². The van der Waals surface area contributed by atoms with Crippen LogP contribution in [0.25, 0.3) is 11.0 Å². The molecule has 0 fully saturated rings. The Morgan fingerprint density at radius 3 is 2.55 bits per heavy atom. The Labute approximate surface area is 120 Å². The van der Waals surface area contributed by atoms with Gasteiger partial charge in [0.1, 0.15) is 0 Å². The summed E-state index contributed by atoms with van der Waals surface area (Å²) in [4.78, 5) is 9.80. The predicted octanol–water partition coefficient (Wildman–Crippen LogP) is 3.99. The molecule has 0 unspecified atom stereocenters. The summed E-state index contributed by atoms with van der Waals surface area (Å²) < 4.78 is 2.37. The van der Waals surface area contributed by atoms with Gasteiger partial charge in [0.05, 0.1) is 11.4 Å². The van der Waals surface area contributed by atoms with Gasteiger partial charge in [-0.2, -0.15) is 0 Å². The van der Waals surface area contributed by atoms with Crippen LogP contribution in [0, 0.1) is 0 Å². The highest BCUT2D eigenvalue weighted by Crippen LogP contribution is 2.34. The summed E-state index contributed by atoms with van der Waals surface area (Å²) in [5.41, 5.74) is 2.26. The average Bonchev–Trinajstić information content (AvgIpc) is 2.77. The van der Waals surface area contributed by atoms with Gasteiger partial charge in [-0.1, -0.05) is 38.8 Å². The van der Waals surface area contributed by atoms with E-state index in [4.69, 9.17) is 9.89 Å². The van der Waals surface area contributed by atoms with Crippen molar-refractivity contribution in [2.24, 2.45) is 4.90 Å². The fourth-order valence-electron chi connectivity index (χ4n) is 3.69. The lowest BCUT2D eigenvalue weighted by molar-refractivity contribution is 0.913. The van der Waals surface area contributed by atoms with Crippen molar-refractivity contribution in [3.8, 4) is 0 Å². The second-order valence-electron chi connectivity index (χ2n) is 5.85. The molecule has 2 aromatic rings. The molecule has 0 bridgehead atoms. The topological polar surface area (TPSA) is 42.2 Å². The molecule has 3 rings (SSSR count). The Hall–Kier alpha value is -1.78. The van der Waals surface area contributed by atoms with E-state index in [2.05, 4.69) is 41.8 Å². The Kier molecular flexibility index (Phi) is 3.28. The highest BCUT2D eigenvalue weighted by Gasteiger charge is 2.31. The van der Waals surface area contributed by atoms with Gasteiger partial charge in [-0.05, 0) is 19.1 Å². The quantitative estimate of drug-likeness (QED) is 0.853. The van der Waals surface area contributed by atoms with E-state index in [9.17, 15) is 0 Å². The number of benzene rings is 1. The van der Waals surface area contributed by atoms with Crippen LogP contribution >= 0.6 is 0 Å². The van der Waals surface area contributed by atoms with Gasteiger partial charge in [-0.3, -0.25) is 0 Å². The summed E-state index contributed by atoms with van der Waals surface area (Å²) in [6, 6.07) is 8.37. The summed E-state index contributed by atoms with van der Waals surface area (Å²) in [6.07, 6.45) is 3.55. The number of fused-ring (bicyclic) bond motifs is 3. The van der Waals surface area contributed by atoms with Crippen LogP contribution < -0.4 is 5.32 Å². The molecule has 1 aromatic carbocycles. The SMILES string of the molecule is CCC[B-]1(CCC)N=C(C)Nc2nc3ccccc3n21. The van der Waals surface area contributed by atoms with Crippen LogP contribution in [0.1, 0.15) is 33.6 Å². The number of hydrogen-bond acceptors (Lipinski definition) is 3. The van der Waals surface area contributed by atoms with Gasteiger partial charge in [0, 0.05) is 5.52 Å². The van der Waals surface area contributed by atoms with Crippen molar-refractivity contribution in [3.63, 3.8) is 0 Å². The van der Waals surface area contributed by atoms with Crippen LogP contribution in [0.2, 0.25) is 12.6 Å². The van der Waals surface area contributed by atoms with Gasteiger partial charge < -0.3 is 14.7 Å². The van der Waals surface area contributed by atoms with E-state index in [1.54, 1.807) is 0 Å². The van der Waals surface area contributed by atoms with Crippen LogP contribution in [0.15, 0.2) is 29.2 Å². The van der Waals surface area contributed by atoms with Crippen LogP contribution in [0.4, 0.5) is 5.95 Å². The largest absolute Gasteiger partial charge is 0.466 e. The van der Waals surface area contributed by atoms with Crippen LogP contribution in [-0.4, -0.2) is 21.7 Å². The summed E-state index contributed by atoms with van der Waals surface area (Å²) in [5, 5.41) is 3.34. The highest BCUT2D eigenvalue weighted by atomic mass is 15.3. The summed E-state index contributed by atoms with van der Waals surface area (Å²) in [7, 11) is 0. The number of anilines is 1. The number of nitrogens with one attached hydrogen (secondary N) is 1. The Bertz CT molecular complexity index is 653. The zero-order valence-corrected chi connectivity index (χ0v) is 12.6. The number of amidine groups is 1. The molecular formula is C15H22BN4-. The number of nitrogens with zero attached hydrogens (tertiary/aromatic N) is 3. The second kappa shape index (κ2) is 4.96. The zero-order chi connectivity index (χ0) is 14.2. The minimum Gasteiger partial charge on any atom is -0.466 e. The molecule has 0 saturated carbocycles. The van der Waals surface area contributed by atoms with E-state index in [1.165, 1.54) is 5.52 Å². The zero-order valence-electron chi connectivity index (χ0n) is 12.6. The summed E-state index contributed by atoms with van der Waals surface area (Å²) in [5.74, 6) is 1.95. The van der Waals surface area contributed by atoms with Gasteiger partial charge in [-0.25, -0.2) is 4.98 Å². The fourth-order valence-corrected chi connectivity index (χ4v) is 3.69. The molecule has 0 radical (unpaired) electrons. The highest BCUT2D eigenvalue weighted by molar-refractivity contribution is 6.79. The minimum atomic E-state index is -0.952. The lowest BCUT2D eigenvalue weighted by Gasteiger charge is -2.43. The average molecular weight is 269 g/mol. The maximum Gasteiger partial charge on any atom is 0.206 e.